The van der Waals surface area contributed by atoms with Gasteiger partial charge in [-0.25, -0.2) is 4.98 Å². The Morgan fingerprint density at radius 3 is 2.91 bits per heavy atom. The van der Waals surface area contributed by atoms with Crippen molar-refractivity contribution in [3.05, 3.63) is 24.4 Å². The first kappa shape index (κ1) is 16.3. The predicted molar refractivity (Wildman–Crippen MR) is 90.0 cm³/mol. The third-order valence-corrected chi connectivity index (χ3v) is 5.53. The van der Waals surface area contributed by atoms with E-state index in [0.29, 0.717) is 25.6 Å². The van der Waals surface area contributed by atoms with Gasteiger partial charge in [0.25, 0.3) is 0 Å². The van der Waals surface area contributed by atoms with E-state index >= 15 is 0 Å². The first-order valence-electron chi connectivity index (χ1n) is 8.35. The molecule has 0 radical (unpaired) electrons. The molecule has 1 N–H and O–H groups in total. The minimum atomic E-state index is -0.178. The smallest absolute Gasteiger partial charge is 0.225 e. The molecule has 2 aliphatic rings. The van der Waals surface area contributed by atoms with Crippen LogP contribution in [0.3, 0.4) is 0 Å². The molecule has 0 spiro atoms. The maximum absolute atomic E-state index is 12.2. The first-order chi connectivity index (χ1) is 11.2. The first-order valence-corrected chi connectivity index (χ1v) is 9.33. The molecule has 1 aliphatic carbocycles. The highest BCUT2D eigenvalue weighted by atomic mass is 32.2. The topological polar surface area (TPSA) is 62.3 Å². The number of nitrogens with zero attached hydrogens (tertiary/aromatic N) is 2. The summed E-state index contributed by atoms with van der Waals surface area (Å²) in [6, 6.07) is 6.18. The van der Waals surface area contributed by atoms with Crippen LogP contribution in [0.2, 0.25) is 0 Å². The Bertz CT molecular complexity index is 546. The minimum absolute atomic E-state index is 0.0143. The van der Waals surface area contributed by atoms with Crippen molar-refractivity contribution in [1.29, 1.82) is 0 Å². The molecule has 1 saturated heterocycles. The molecule has 2 heterocycles. The lowest BCUT2D eigenvalue weighted by atomic mass is 10.1. The molecule has 6 heteroatoms. The molecule has 0 aromatic carbocycles. The molecule has 0 unspecified atom stereocenters. The molecule has 1 saturated carbocycles. The van der Waals surface area contributed by atoms with Gasteiger partial charge in [0.2, 0.25) is 11.8 Å². The monoisotopic (exact) mass is 333 g/mol. The average molecular weight is 333 g/mol. The van der Waals surface area contributed by atoms with E-state index in [2.05, 4.69) is 10.3 Å². The quantitative estimate of drug-likeness (QED) is 0.639. The van der Waals surface area contributed by atoms with Crippen molar-refractivity contribution in [2.75, 3.05) is 18.8 Å². The summed E-state index contributed by atoms with van der Waals surface area (Å²) in [4.78, 5) is 30.6. The highest BCUT2D eigenvalue weighted by molar-refractivity contribution is 7.99. The van der Waals surface area contributed by atoms with Gasteiger partial charge in [-0.2, -0.15) is 0 Å². The van der Waals surface area contributed by atoms with E-state index in [0.717, 1.165) is 23.6 Å². The van der Waals surface area contributed by atoms with Gasteiger partial charge in [0, 0.05) is 37.5 Å². The summed E-state index contributed by atoms with van der Waals surface area (Å²) >= 11 is 1.62. The van der Waals surface area contributed by atoms with Crippen molar-refractivity contribution in [3.63, 3.8) is 0 Å². The van der Waals surface area contributed by atoms with Gasteiger partial charge in [-0.15, -0.1) is 11.8 Å². The summed E-state index contributed by atoms with van der Waals surface area (Å²) in [5, 5.41) is 3.92. The van der Waals surface area contributed by atoms with Crippen LogP contribution in [0.4, 0.5) is 0 Å². The summed E-state index contributed by atoms with van der Waals surface area (Å²) in [5.74, 6) is 0.777. The highest BCUT2D eigenvalue weighted by Gasteiger charge is 2.38. The van der Waals surface area contributed by atoms with Crippen LogP contribution in [-0.4, -0.2) is 46.6 Å². The van der Waals surface area contributed by atoms with Gasteiger partial charge in [0.15, 0.2) is 0 Å². The standard InChI is InChI=1S/C17H23N3O2S/c21-16-11-13(12-20(16)14-5-1-2-6-14)17(22)19-9-10-23-15-7-3-4-8-18-15/h3-4,7-8,13-14H,1-2,5-6,9-12H2,(H,19,22)/t13-/m1/s1. The number of hydrogen-bond acceptors (Lipinski definition) is 4. The van der Waals surface area contributed by atoms with Gasteiger partial charge in [-0.05, 0) is 25.0 Å². The van der Waals surface area contributed by atoms with Crippen molar-refractivity contribution in [2.24, 2.45) is 5.92 Å². The Hall–Kier alpha value is -1.56. The van der Waals surface area contributed by atoms with Gasteiger partial charge < -0.3 is 10.2 Å². The molecule has 3 rings (SSSR count). The van der Waals surface area contributed by atoms with Crippen LogP contribution >= 0.6 is 11.8 Å². The van der Waals surface area contributed by atoms with Crippen LogP contribution in [0.25, 0.3) is 0 Å². The zero-order valence-corrected chi connectivity index (χ0v) is 14.1. The third-order valence-electron chi connectivity index (χ3n) is 4.58. The molecule has 1 aromatic rings. The van der Waals surface area contributed by atoms with Gasteiger partial charge >= 0.3 is 0 Å². The molecule has 5 nitrogen and oxygen atoms in total. The molecular formula is C17H23N3O2S. The molecule has 0 bridgehead atoms. The SMILES string of the molecule is O=C(NCCSc1ccccn1)[C@@H]1CC(=O)N(C2CCCC2)C1. The van der Waals surface area contributed by atoms with Crippen LogP contribution in [-0.2, 0) is 9.59 Å². The van der Waals surface area contributed by atoms with Crippen LogP contribution in [0.15, 0.2) is 29.4 Å². The van der Waals surface area contributed by atoms with Crippen molar-refractivity contribution in [1.82, 2.24) is 15.2 Å². The van der Waals surface area contributed by atoms with E-state index in [1.807, 2.05) is 23.1 Å². The van der Waals surface area contributed by atoms with Crippen LogP contribution in [0.5, 0.6) is 0 Å². The van der Waals surface area contributed by atoms with E-state index < -0.39 is 0 Å². The van der Waals surface area contributed by atoms with Crippen LogP contribution < -0.4 is 5.32 Å². The van der Waals surface area contributed by atoms with Crippen molar-refractivity contribution < 1.29 is 9.59 Å². The lowest BCUT2D eigenvalue weighted by Crippen LogP contribution is -2.37. The van der Waals surface area contributed by atoms with Crippen molar-refractivity contribution in [3.8, 4) is 0 Å². The minimum Gasteiger partial charge on any atom is -0.355 e. The van der Waals surface area contributed by atoms with Crippen LogP contribution in [0.1, 0.15) is 32.1 Å². The van der Waals surface area contributed by atoms with E-state index in [1.165, 1.54) is 12.8 Å². The van der Waals surface area contributed by atoms with E-state index in [-0.39, 0.29) is 17.7 Å². The number of thioether (sulfide) groups is 1. The zero-order valence-electron chi connectivity index (χ0n) is 13.2. The molecule has 1 aliphatic heterocycles. The second-order valence-electron chi connectivity index (χ2n) is 6.19. The van der Waals surface area contributed by atoms with Gasteiger partial charge in [-0.1, -0.05) is 18.9 Å². The molecule has 1 atom stereocenters. The molecule has 2 fully saturated rings. The van der Waals surface area contributed by atoms with Gasteiger partial charge in [-0.3, -0.25) is 9.59 Å². The Morgan fingerprint density at radius 1 is 1.35 bits per heavy atom. The van der Waals surface area contributed by atoms with Crippen molar-refractivity contribution >= 4 is 23.6 Å². The largest absolute Gasteiger partial charge is 0.355 e. The molecular weight excluding hydrogens is 310 g/mol. The van der Waals surface area contributed by atoms with E-state index in [1.54, 1.807) is 18.0 Å². The molecule has 1 aromatic heterocycles. The Balaban J connectivity index is 1.39. The van der Waals surface area contributed by atoms with Crippen molar-refractivity contribution in [2.45, 2.75) is 43.2 Å². The number of nitrogens with one attached hydrogen (secondary N) is 1. The summed E-state index contributed by atoms with van der Waals surface area (Å²) in [5.41, 5.74) is 0. The number of amides is 2. The zero-order chi connectivity index (χ0) is 16.1. The number of carbonyl (C=O) groups excluding carboxylic acids is 2. The molecule has 23 heavy (non-hydrogen) atoms. The lowest BCUT2D eigenvalue weighted by molar-refractivity contribution is -0.130. The van der Waals surface area contributed by atoms with Gasteiger partial charge in [0.1, 0.15) is 0 Å². The number of pyridine rings is 1. The number of aromatic nitrogens is 1. The predicted octanol–water partition coefficient (Wildman–Crippen LogP) is 2.08. The Morgan fingerprint density at radius 2 is 2.17 bits per heavy atom. The molecule has 124 valence electrons. The fourth-order valence-corrected chi connectivity index (χ4v) is 4.11. The fourth-order valence-electron chi connectivity index (χ4n) is 3.38. The Kier molecular flexibility index (Phi) is 5.54. The third kappa shape index (κ3) is 4.25. The second-order valence-corrected chi connectivity index (χ2v) is 7.31. The Labute approximate surface area is 141 Å². The summed E-state index contributed by atoms with van der Waals surface area (Å²) in [6.07, 6.45) is 6.74. The van der Waals surface area contributed by atoms with Gasteiger partial charge in [0.05, 0.1) is 10.9 Å². The average Bonchev–Trinajstić information content (AvgIpc) is 3.21. The number of rotatable bonds is 6. The lowest BCUT2D eigenvalue weighted by Gasteiger charge is -2.23. The second kappa shape index (κ2) is 7.81. The maximum Gasteiger partial charge on any atom is 0.225 e. The summed E-state index contributed by atoms with van der Waals surface area (Å²) in [6.45, 7) is 1.21. The highest BCUT2D eigenvalue weighted by Crippen LogP contribution is 2.29. The normalized spacial score (nSPS) is 21.8. The molecule has 2 amide bonds. The van der Waals surface area contributed by atoms with E-state index in [4.69, 9.17) is 0 Å². The fraction of sp³-hybridized carbons (Fsp3) is 0.588. The maximum atomic E-state index is 12.2. The number of carbonyl (C=O) groups is 2. The number of hydrogen-bond donors (Lipinski definition) is 1. The van der Waals surface area contributed by atoms with E-state index in [9.17, 15) is 9.59 Å². The van der Waals surface area contributed by atoms with Crippen LogP contribution in [0, 0.1) is 5.92 Å². The number of likely N-dealkylation sites (tertiary alicyclic amines) is 1. The summed E-state index contributed by atoms with van der Waals surface area (Å²) in [7, 11) is 0. The summed E-state index contributed by atoms with van der Waals surface area (Å²) < 4.78 is 0.